The van der Waals surface area contributed by atoms with E-state index in [1.807, 2.05) is 0 Å². The SMILES string of the molecule is C1C[N]2CC[N]1[Fe]2. The molecule has 42 valence electrons. The molecule has 0 amide bonds. The summed E-state index contributed by atoms with van der Waals surface area (Å²) in [7, 11) is 0. The molecule has 0 radical (unpaired) electrons. The summed E-state index contributed by atoms with van der Waals surface area (Å²) in [5.74, 6) is 0. The summed E-state index contributed by atoms with van der Waals surface area (Å²) in [6.45, 7) is 5.28. The minimum absolute atomic E-state index is 1.25. The molecule has 2 aliphatic rings. The summed E-state index contributed by atoms with van der Waals surface area (Å²) in [4.78, 5) is 0. The molecule has 2 bridgehead atoms. The number of hydrogen-bond acceptors (Lipinski definition) is 2. The maximum absolute atomic E-state index is 2.49. The molecule has 3 heteroatoms. The van der Waals surface area contributed by atoms with Gasteiger partial charge in [-0.05, 0) is 0 Å². The van der Waals surface area contributed by atoms with Gasteiger partial charge in [0.05, 0.1) is 0 Å². The standard InChI is InChI=1S/C4H8N2.Fe/c1-2-6-4-3-5-1;/h1-4H2;/q-2;+2. The first-order chi connectivity index (χ1) is 3.45. The molecule has 0 atom stereocenters. The van der Waals surface area contributed by atoms with Gasteiger partial charge >= 0.3 is 49.4 Å². The maximum atomic E-state index is 2.49. The van der Waals surface area contributed by atoms with Crippen LogP contribution in [0.1, 0.15) is 0 Å². The molecule has 2 heterocycles. The van der Waals surface area contributed by atoms with Crippen molar-refractivity contribution in [2.24, 2.45) is 0 Å². The molecule has 0 unspecified atom stereocenters. The van der Waals surface area contributed by atoms with Gasteiger partial charge in [0.25, 0.3) is 0 Å². The fraction of sp³-hybridized carbons (Fsp3) is 1.00. The third kappa shape index (κ3) is 0.609. The normalized spacial score (nSPS) is 49.1. The fourth-order valence-electron chi connectivity index (χ4n) is 0.931. The van der Waals surface area contributed by atoms with Crippen molar-refractivity contribution in [2.45, 2.75) is 0 Å². The zero-order valence-corrected chi connectivity index (χ0v) is 5.18. The Morgan fingerprint density at radius 1 is 0.857 bits per heavy atom. The predicted octanol–water partition coefficient (Wildman–Crippen LogP) is -0.470. The van der Waals surface area contributed by atoms with E-state index in [-0.39, 0.29) is 0 Å². The van der Waals surface area contributed by atoms with Gasteiger partial charge in [-0.3, -0.25) is 0 Å². The van der Waals surface area contributed by atoms with Crippen LogP contribution >= 0.6 is 0 Å². The molecular formula is C4H8FeN2. The van der Waals surface area contributed by atoms with E-state index in [9.17, 15) is 0 Å². The van der Waals surface area contributed by atoms with Crippen molar-refractivity contribution in [1.82, 2.24) is 7.83 Å². The summed E-state index contributed by atoms with van der Waals surface area (Å²) < 4.78 is 4.97. The third-order valence-corrected chi connectivity index (χ3v) is 2.96. The van der Waals surface area contributed by atoms with Crippen molar-refractivity contribution in [3.8, 4) is 0 Å². The second-order valence-corrected chi connectivity index (χ2v) is 3.48. The van der Waals surface area contributed by atoms with E-state index in [2.05, 4.69) is 7.83 Å². The van der Waals surface area contributed by atoms with E-state index >= 15 is 0 Å². The van der Waals surface area contributed by atoms with Gasteiger partial charge in [0.2, 0.25) is 0 Å². The second-order valence-electron chi connectivity index (χ2n) is 1.86. The van der Waals surface area contributed by atoms with Crippen LogP contribution in [0.4, 0.5) is 0 Å². The zero-order chi connectivity index (χ0) is 4.69. The summed E-state index contributed by atoms with van der Waals surface area (Å²) in [5.41, 5.74) is 0. The van der Waals surface area contributed by atoms with E-state index in [0.29, 0.717) is 0 Å². The van der Waals surface area contributed by atoms with Crippen LogP contribution in [0.3, 0.4) is 0 Å². The quantitative estimate of drug-likeness (QED) is 0.419. The van der Waals surface area contributed by atoms with Crippen LogP contribution < -0.4 is 0 Å². The summed E-state index contributed by atoms with van der Waals surface area (Å²) >= 11 is 1.25. The average Bonchev–Trinajstić information content (AvgIpc) is 2.22. The van der Waals surface area contributed by atoms with Crippen molar-refractivity contribution in [2.75, 3.05) is 26.2 Å². The molecule has 0 aromatic heterocycles. The van der Waals surface area contributed by atoms with Crippen LogP contribution in [0.5, 0.6) is 0 Å². The number of rotatable bonds is 0. The van der Waals surface area contributed by atoms with E-state index in [4.69, 9.17) is 0 Å². The second kappa shape index (κ2) is 1.46. The van der Waals surface area contributed by atoms with Gasteiger partial charge in [-0.2, -0.15) is 0 Å². The molecule has 2 fully saturated rings. The molecule has 2 nitrogen and oxygen atoms in total. The predicted molar refractivity (Wildman–Crippen MR) is 23.1 cm³/mol. The molecular weight excluding hydrogens is 132 g/mol. The molecule has 0 N–H and O–H groups in total. The van der Waals surface area contributed by atoms with Crippen LogP contribution in [0.15, 0.2) is 0 Å². The molecule has 0 saturated carbocycles. The molecule has 2 saturated heterocycles. The Hall–Kier alpha value is 0.439. The molecule has 0 aromatic rings. The van der Waals surface area contributed by atoms with Gasteiger partial charge in [-0.25, -0.2) is 0 Å². The van der Waals surface area contributed by atoms with Gasteiger partial charge in [0, 0.05) is 0 Å². The Balaban J connectivity index is 2.12. The monoisotopic (exact) mass is 140 g/mol. The minimum atomic E-state index is 1.25. The van der Waals surface area contributed by atoms with Gasteiger partial charge in [0.15, 0.2) is 0 Å². The van der Waals surface area contributed by atoms with Crippen molar-refractivity contribution in [1.29, 1.82) is 0 Å². The zero-order valence-electron chi connectivity index (χ0n) is 4.08. The van der Waals surface area contributed by atoms with Gasteiger partial charge < -0.3 is 0 Å². The topological polar surface area (TPSA) is 6.48 Å². The number of nitrogens with zero attached hydrogens (tertiary/aromatic N) is 2. The number of fused-ring (bicyclic) bond motifs is 2. The molecule has 0 aliphatic carbocycles. The van der Waals surface area contributed by atoms with E-state index in [1.54, 1.807) is 0 Å². The number of hydrogen-bond donors (Lipinski definition) is 0. The van der Waals surface area contributed by atoms with Crippen molar-refractivity contribution < 1.29 is 15.4 Å². The van der Waals surface area contributed by atoms with Crippen LogP contribution in [0.2, 0.25) is 0 Å². The van der Waals surface area contributed by atoms with Crippen molar-refractivity contribution >= 4 is 0 Å². The number of piperazine rings is 1. The average molecular weight is 140 g/mol. The van der Waals surface area contributed by atoms with Crippen LogP contribution in [-0.2, 0) is 15.4 Å². The first-order valence-electron chi connectivity index (χ1n) is 2.58. The Labute approximate surface area is 50.0 Å². The molecule has 0 aromatic carbocycles. The van der Waals surface area contributed by atoms with E-state index < -0.39 is 0 Å². The van der Waals surface area contributed by atoms with Gasteiger partial charge in [-0.15, -0.1) is 0 Å². The molecule has 2 rings (SSSR count). The molecule has 7 heavy (non-hydrogen) atoms. The van der Waals surface area contributed by atoms with Crippen LogP contribution in [0, 0.1) is 0 Å². The van der Waals surface area contributed by atoms with Crippen LogP contribution in [0.25, 0.3) is 0 Å². The molecule has 0 spiro atoms. The first kappa shape index (κ1) is 4.33. The Morgan fingerprint density at radius 3 is 1.43 bits per heavy atom. The van der Waals surface area contributed by atoms with Crippen molar-refractivity contribution in [3.05, 3.63) is 0 Å². The summed E-state index contributed by atoms with van der Waals surface area (Å²) in [6, 6.07) is 0. The Bertz CT molecular complexity index is 67.8. The van der Waals surface area contributed by atoms with E-state index in [0.717, 1.165) is 0 Å². The summed E-state index contributed by atoms with van der Waals surface area (Å²) in [5, 5.41) is 0. The van der Waals surface area contributed by atoms with Gasteiger partial charge in [-0.1, -0.05) is 0 Å². The van der Waals surface area contributed by atoms with E-state index in [1.165, 1.54) is 41.6 Å². The van der Waals surface area contributed by atoms with Gasteiger partial charge in [0.1, 0.15) is 0 Å². The molecule has 2 aliphatic heterocycles. The first-order valence-corrected chi connectivity index (χ1v) is 3.57. The Kier molecular flexibility index (Phi) is 0.901. The third-order valence-electron chi connectivity index (χ3n) is 1.35. The Morgan fingerprint density at radius 2 is 1.29 bits per heavy atom. The van der Waals surface area contributed by atoms with Crippen LogP contribution in [-0.4, -0.2) is 34.0 Å². The fourth-order valence-corrected chi connectivity index (χ4v) is 2.26. The van der Waals surface area contributed by atoms with Crippen molar-refractivity contribution in [3.63, 3.8) is 0 Å². The summed E-state index contributed by atoms with van der Waals surface area (Å²) in [6.07, 6.45) is 0.